The number of thioether (sulfide) groups is 1. The highest BCUT2D eigenvalue weighted by molar-refractivity contribution is 8.18. The molecular weight excluding hydrogens is 486 g/mol. The van der Waals surface area contributed by atoms with E-state index in [1.165, 1.54) is 17.3 Å². The average molecular weight is 514 g/mol. The zero-order valence-electron chi connectivity index (χ0n) is 20.9. The van der Waals surface area contributed by atoms with Gasteiger partial charge in [-0.1, -0.05) is 60.1 Å². The molecule has 0 spiro atoms. The SMILES string of the molecule is CCN1C(=O)/C(=C\c2c(C)n(Cc3ccc(Cl)cc3)c3ccccc23)SC1=Nc1c(C)cccc1C. The molecule has 3 aromatic carbocycles. The third-order valence-corrected chi connectivity index (χ3v) is 7.92. The monoisotopic (exact) mass is 513 g/mol. The van der Waals surface area contributed by atoms with Gasteiger partial charge in [0.05, 0.1) is 10.6 Å². The molecular formula is C30H28ClN3OS. The lowest BCUT2D eigenvalue weighted by atomic mass is 10.1. The maximum atomic E-state index is 13.4. The van der Waals surface area contributed by atoms with Gasteiger partial charge in [-0.25, -0.2) is 4.99 Å². The van der Waals surface area contributed by atoms with Gasteiger partial charge in [0.15, 0.2) is 5.17 Å². The largest absolute Gasteiger partial charge is 0.340 e. The predicted octanol–water partition coefficient (Wildman–Crippen LogP) is 7.89. The number of aromatic nitrogens is 1. The first-order valence-corrected chi connectivity index (χ1v) is 13.3. The third kappa shape index (κ3) is 4.49. The Morgan fingerprint density at radius 2 is 1.64 bits per heavy atom. The van der Waals surface area contributed by atoms with Gasteiger partial charge in [-0.2, -0.15) is 0 Å². The summed E-state index contributed by atoms with van der Waals surface area (Å²) in [5.41, 5.74) is 7.64. The lowest BCUT2D eigenvalue weighted by Crippen LogP contribution is -2.28. The number of carbonyl (C=O) groups is 1. The molecule has 1 aliphatic rings. The van der Waals surface area contributed by atoms with Crippen molar-refractivity contribution in [1.82, 2.24) is 9.47 Å². The van der Waals surface area contributed by atoms with Crippen LogP contribution < -0.4 is 0 Å². The van der Waals surface area contributed by atoms with Crippen LogP contribution >= 0.6 is 23.4 Å². The van der Waals surface area contributed by atoms with Crippen LogP contribution in [-0.4, -0.2) is 27.1 Å². The number of amidine groups is 1. The zero-order valence-corrected chi connectivity index (χ0v) is 22.5. The number of likely N-dealkylation sites (N-methyl/N-ethyl adjacent to an activating group) is 1. The maximum Gasteiger partial charge on any atom is 0.266 e. The van der Waals surface area contributed by atoms with Crippen molar-refractivity contribution in [2.75, 3.05) is 6.54 Å². The summed E-state index contributed by atoms with van der Waals surface area (Å²) in [6.07, 6.45) is 2.04. The van der Waals surface area contributed by atoms with Crippen molar-refractivity contribution in [3.05, 3.63) is 105 Å². The highest BCUT2D eigenvalue weighted by Crippen LogP contribution is 2.38. The van der Waals surface area contributed by atoms with Crippen LogP contribution in [-0.2, 0) is 11.3 Å². The Morgan fingerprint density at radius 3 is 2.33 bits per heavy atom. The summed E-state index contributed by atoms with van der Waals surface area (Å²) in [4.78, 5) is 20.8. The van der Waals surface area contributed by atoms with Gasteiger partial charge in [-0.3, -0.25) is 9.69 Å². The van der Waals surface area contributed by atoms with Crippen LogP contribution in [0.25, 0.3) is 17.0 Å². The minimum absolute atomic E-state index is 0.00131. The first-order chi connectivity index (χ1) is 17.4. The van der Waals surface area contributed by atoms with Crippen LogP contribution in [0.4, 0.5) is 5.69 Å². The van der Waals surface area contributed by atoms with E-state index in [0.29, 0.717) is 11.4 Å². The van der Waals surface area contributed by atoms with Crippen molar-refractivity contribution < 1.29 is 4.79 Å². The Labute approximate surface area is 221 Å². The summed E-state index contributed by atoms with van der Waals surface area (Å²) in [6.45, 7) is 9.53. The maximum absolute atomic E-state index is 13.4. The number of nitrogens with zero attached hydrogens (tertiary/aromatic N) is 3. The molecule has 1 saturated heterocycles. The molecule has 0 saturated carbocycles. The second-order valence-electron chi connectivity index (χ2n) is 9.02. The van der Waals surface area contributed by atoms with Crippen LogP contribution in [0.15, 0.2) is 76.6 Å². The fourth-order valence-electron chi connectivity index (χ4n) is 4.70. The number of benzene rings is 3. The van der Waals surface area contributed by atoms with Gasteiger partial charge in [0.25, 0.3) is 5.91 Å². The van der Waals surface area contributed by atoms with Gasteiger partial charge in [-0.05, 0) is 80.4 Å². The van der Waals surface area contributed by atoms with Crippen molar-refractivity contribution in [3.63, 3.8) is 0 Å². The molecule has 1 fully saturated rings. The molecule has 0 aliphatic carbocycles. The Hall–Kier alpha value is -3.28. The third-order valence-electron chi connectivity index (χ3n) is 6.66. The van der Waals surface area contributed by atoms with Gasteiger partial charge >= 0.3 is 0 Å². The summed E-state index contributed by atoms with van der Waals surface area (Å²) >= 11 is 7.55. The summed E-state index contributed by atoms with van der Waals surface area (Å²) < 4.78 is 2.30. The van der Waals surface area contributed by atoms with E-state index in [1.54, 1.807) is 4.90 Å². The summed E-state index contributed by atoms with van der Waals surface area (Å²) in [5, 5.41) is 2.59. The fraction of sp³-hybridized carbons (Fsp3) is 0.200. The lowest BCUT2D eigenvalue weighted by Gasteiger charge is -2.13. The number of hydrogen-bond donors (Lipinski definition) is 0. The predicted molar refractivity (Wildman–Crippen MR) is 153 cm³/mol. The van der Waals surface area contributed by atoms with Crippen LogP contribution in [0.3, 0.4) is 0 Å². The fourth-order valence-corrected chi connectivity index (χ4v) is 5.85. The summed E-state index contributed by atoms with van der Waals surface area (Å²) in [7, 11) is 0. The number of amides is 1. The van der Waals surface area contributed by atoms with Crippen molar-refractivity contribution >= 4 is 57.1 Å². The molecule has 2 heterocycles. The Balaban J connectivity index is 1.57. The second-order valence-corrected chi connectivity index (χ2v) is 10.5. The van der Waals surface area contributed by atoms with Crippen molar-refractivity contribution in [1.29, 1.82) is 0 Å². The van der Waals surface area contributed by atoms with Crippen molar-refractivity contribution in [2.24, 2.45) is 4.99 Å². The second kappa shape index (κ2) is 10.00. The smallest absolute Gasteiger partial charge is 0.266 e. The van der Waals surface area contributed by atoms with E-state index in [4.69, 9.17) is 16.6 Å². The topological polar surface area (TPSA) is 37.6 Å². The molecule has 0 N–H and O–H groups in total. The highest BCUT2D eigenvalue weighted by Gasteiger charge is 2.33. The Bertz CT molecular complexity index is 1510. The van der Waals surface area contributed by atoms with E-state index in [1.807, 2.05) is 37.3 Å². The molecule has 0 atom stereocenters. The van der Waals surface area contributed by atoms with Crippen molar-refractivity contribution in [3.8, 4) is 0 Å². The number of para-hydroxylation sites is 2. The van der Waals surface area contributed by atoms with Gasteiger partial charge in [-0.15, -0.1) is 0 Å². The van der Waals surface area contributed by atoms with E-state index in [0.717, 1.165) is 55.7 Å². The van der Waals surface area contributed by atoms with Crippen LogP contribution in [0.2, 0.25) is 5.02 Å². The molecule has 1 aromatic heterocycles. The molecule has 1 aliphatic heterocycles. The quantitative estimate of drug-likeness (QED) is 0.254. The standard InChI is InChI=1S/C30H28ClN3OS/c1-5-33-29(35)27(36-30(33)32-28-19(2)9-8-10-20(28)3)17-25-21(4)34(26-12-7-6-11-24(25)26)18-22-13-15-23(31)16-14-22/h6-17H,5,18H2,1-4H3/b27-17+,32-30?. The summed E-state index contributed by atoms with van der Waals surface area (Å²) in [6, 6.07) is 22.5. The molecule has 6 heteroatoms. The van der Waals surface area contributed by atoms with E-state index < -0.39 is 0 Å². The van der Waals surface area contributed by atoms with Crippen molar-refractivity contribution in [2.45, 2.75) is 34.2 Å². The number of halogens is 1. The molecule has 0 bridgehead atoms. The van der Waals surface area contributed by atoms with Gasteiger partial charge < -0.3 is 4.57 Å². The first kappa shape index (κ1) is 24.4. The molecule has 1 amide bonds. The number of carbonyl (C=O) groups excluding carboxylic acids is 1. The van der Waals surface area contributed by atoms with E-state index in [2.05, 4.69) is 67.8 Å². The number of fused-ring (bicyclic) bond motifs is 1. The van der Waals surface area contributed by atoms with Gasteiger partial charge in [0, 0.05) is 40.3 Å². The number of rotatable bonds is 5. The molecule has 182 valence electrons. The molecule has 36 heavy (non-hydrogen) atoms. The first-order valence-electron chi connectivity index (χ1n) is 12.1. The molecule has 0 radical (unpaired) electrons. The summed E-state index contributed by atoms with van der Waals surface area (Å²) in [5.74, 6) is 0.00131. The minimum atomic E-state index is 0.00131. The normalized spacial score (nSPS) is 16.1. The van der Waals surface area contributed by atoms with Gasteiger partial charge in [0.2, 0.25) is 0 Å². The number of hydrogen-bond acceptors (Lipinski definition) is 3. The minimum Gasteiger partial charge on any atom is -0.340 e. The number of aryl methyl sites for hydroxylation is 2. The average Bonchev–Trinajstić information content (AvgIpc) is 3.31. The van der Waals surface area contributed by atoms with Gasteiger partial charge in [0.1, 0.15) is 0 Å². The zero-order chi connectivity index (χ0) is 25.4. The number of aliphatic imine (C=N–C) groups is 1. The Kier molecular flexibility index (Phi) is 6.78. The van der Waals surface area contributed by atoms with Crippen LogP contribution in [0.1, 0.15) is 34.9 Å². The van der Waals surface area contributed by atoms with Crippen LogP contribution in [0, 0.1) is 20.8 Å². The molecule has 5 rings (SSSR count). The lowest BCUT2D eigenvalue weighted by molar-refractivity contribution is -0.122. The van der Waals surface area contributed by atoms with E-state index >= 15 is 0 Å². The van der Waals surface area contributed by atoms with Crippen LogP contribution in [0.5, 0.6) is 0 Å². The molecule has 4 aromatic rings. The Morgan fingerprint density at radius 1 is 0.944 bits per heavy atom. The highest BCUT2D eigenvalue weighted by atomic mass is 35.5. The molecule has 4 nitrogen and oxygen atoms in total. The molecule has 0 unspecified atom stereocenters. The van der Waals surface area contributed by atoms with E-state index in [9.17, 15) is 4.79 Å². The van der Waals surface area contributed by atoms with E-state index in [-0.39, 0.29) is 5.91 Å².